The standard InChI is InChI=1S/C30H40N2O5/c1-25(32-18-14-29(15-19-32)27-10-6-3-7-11-27)37-36-23-21-34-20-22-35-30(33)24-31-16-12-28(13-17-31)26-8-4-2-5-9-26/h2-11,28-29H,1,12-24H2. The first-order valence-electron chi connectivity index (χ1n) is 13.5. The van der Waals surface area contributed by atoms with Crippen molar-refractivity contribution in [3.63, 3.8) is 0 Å². The molecule has 0 N–H and O–H groups in total. The number of esters is 1. The Bertz CT molecular complexity index is 939. The third-order valence-corrected chi connectivity index (χ3v) is 7.29. The van der Waals surface area contributed by atoms with Crippen molar-refractivity contribution in [3.05, 3.63) is 84.3 Å². The van der Waals surface area contributed by atoms with Gasteiger partial charge in [-0.3, -0.25) is 9.69 Å². The maximum absolute atomic E-state index is 12.1. The maximum Gasteiger partial charge on any atom is 0.320 e. The first-order valence-corrected chi connectivity index (χ1v) is 13.5. The van der Waals surface area contributed by atoms with Crippen LogP contribution in [0.3, 0.4) is 0 Å². The number of piperidine rings is 2. The number of nitrogens with zero attached hydrogens (tertiary/aromatic N) is 2. The predicted octanol–water partition coefficient (Wildman–Crippen LogP) is 4.72. The molecule has 0 atom stereocenters. The zero-order valence-corrected chi connectivity index (χ0v) is 21.8. The molecule has 0 unspecified atom stereocenters. The van der Waals surface area contributed by atoms with Crippen molar-refractivity contribution < 1.29 is 24.0 Å². The van der Waals surface area contributed by atoms with Crippen molar-refractivity contribution in [2.45, 2.75) is 37.5 Å². The van der Waals surface area contributed by atoms with Gasteiger partial charge in [-0.25, -0.2) is 0 Å². The Hall–Kier alpha value is -2.87. The molecule has 0 spiro atoms. The Labute approximate surface area is 220 Å². The van der Waals surface area contributed by atoms with E-state index in [9.17, 15) is 4.79 Å². The van der Waals surface area contributed by atoms with Crippen LogP contribution in [-0.2, 0) is 24.0 Å². The molecule has 4 rings (SSSR count). The molecule has 7 nitrogen and oxygen atoms in total. The van der Waals surface area contributed by atoms with E-state index in [1.165, 1.54) is 11.1 Å². The van der Waals surface area contributed by atoms with E-state index in [-0.39, 0.29) is 19.2 Å². The van der Waals surface area contributed by atoms with E-state index in [0.29, 0.717) is 37.5 Å². The summed E-state index contributed by atoms with van der Waals surface area (Å²) in [7, 11) is 0. The van der Waals surface area contributed by atoms with E-state index >= 15 is 0 Å². The second kappa shape index (κ2) is 14.8. The van der Waals surface area contributed by atoms with E-state index in [1.807, 2.05) is 6.07 Å². The van der Waals surface area contributed by atoms with Gasteiger partial charge in [0.2, 0.25) is 5.88 Å². The smallest absolute Gasteiger partial charge is 0.320 e. The van der Waals surface area contributed by atoms with Gasteiger partial charge in [0.1, 0.15) is 13.2 Å². The fourth-order valence-corrected chi connectivity index (χ4v) is 5.14. The summed E-state index contributed by atoms with van der Waals surface area (Å²) in [4.78, 5) is 27.0. The topological polar surface area (TPSA) is 60.5 Å². The van der Waals surface area contributed by atoms with Gasteiger partial charge >= 0.3 is 5.97 Å². The van der Waals surface area contributed by atoms with Crippen molar-refractivity contribution >= 4 is 5.97 Å². The monoisotopic (exact) mass is 508 g/mol. The Morgan fingerprint density at radius 2 is 1.30 bits per heavy atom. The van der Waals surface area contributed by atoms with Gasteiger partial charge < -0.3 is 19.3 Å². The lowest BCUT2D eigenvalue weighted by Crippen LogP contribution is -2.37. The third kappa shape index (κ3) is 8.88. The molecule has 7 heteroatoms. The summed E-state index contributed by atoms with van der Waals surface area (Å²) in [6, 6.07) is 21.3. The fourth-order valence-electron chi connectivity index (χ4n) is 5.14. The molecule has 0 bridgehead atoms. The maximum atomic E-state index is 12.1. The number of likely N-dealkylation sites (tertiary alicyclic amines) is 2. The van der Waals surface area contributed by atoms with Crippen LogP contribution in [0, 0.1) is 0 Å². The molecule has 0 radical (unpaired) electrons. The van der Waals surface area contributed by atoms with E-state index < -0.39 is 0 Å². The normalized spacial score (nSPS) is 17.5. The number of rotatable bonds is 13. The largest absolute Gasteiger partial charge is 0.462 e. The lowest BCUT2D eigenvalue weighted by Gasteiger charge is -2.33. The van der Waals surface area contributed by atoms with Crippen molar-refractivity contribution in [2.75, 3.05) is 59.2 Å². The van der Waals surface area contributed by atoms with Crippen LogP contribution in [0.2, 0.25) is 0 Å². The van der Waals surface area contributed by atoms with Gasteiger partial charge in [-0.2, -0.15) is 4.89 Å². The molecular weight excluding hydrogens is 468 g/mol. The molecule has 0 aromatic heterocycles. The highest BCUT2D eigenvalue weighted by Gasteiger charge is 2.23. The molecule has 200 valence electrons. The number of ether oxygens (including phenoxy) is 2. The Morgan fingerprint density at radius 3 is 1.89 bits per heavy atom. The van der Waals surface area contributed by atoms with Crippen molar-refractivity contribution in [1.82, 2.24) is 9.80 Å². The summed E-state index contributed by atoms with van der Waals surface area (Å²) < 4.78 is 10.8. The minimum absolute atomic E-state index is 0.200. The average molecular weight is 509 g/mol. The summed E-state index contributed by atoms with van der Waals surface area (Å²) in [5, 5.41) is 0. The van der Waals surface area contributed by atoms with Crippen LogP contribution < -0.4 is 0 Å². The highest BCUT2D eigenvalue weighted by molar-refractivity contribution is 5.71. The molecule has 0 amide bonds. The number of benzene rings is 2. The first kappa shape index (κ1) is 27.2. The van der Waals surface area contributed by atoms with Crippen LogP contribution in [0.25, 0.3) is 0 Å². The summed E-state index contributed by atoms with van der Waals surface area (Å²) in [6.45, 7) is 9.16. The molecule has 2 saturated heterocycles. The van der Waals surface area contributed by atoms with Crippen molar-refractivity contribution in [2.24, 2.45) is 0 Å². The van der Waals surface area contributed by atoms with E-state index in [0.717, 1.165) is 51.9 Å². The molecule has 0 aliphatic carbocycles. The van der Waals surface area contributed by atoms with Gasteiger partial charge in [0.05, 0.1) is 19.8 Å². The van der Waals surface area contributed by atoms with Crippen molar-refractivity contribution in [1.29, 1.82) is 0 Å². The Balaban J connectivity index is 0.973. The summed E-state index contributed by atoms with van der Waals surface area (Å²) in [6.07, 6.45) is 4.28. The summed E-state index contributed by atoms with van der Waals surface area (Å²) in [5.74, 6) is 1.50. The van der Waals surface area contributed by atoms with Crippen LogP contribution in [-0.4, -0.2) is 74.9 Å². The van der Waals surface area contributed by atoms with Crippen LogP contribution in [0.4, 0.5) is 0 Å². The predicted molar refractivity (Wildman–Crippen MR) is 143 cm³/mol. The third-order valence-electron chi connectivity index (χ3n) is 7.29. The second-order valence-electron chi connectivity index (χ2n) is 9.77. The van der Waals surface area contributed by atoms with Crippen LogP contribution in [0.1, 0.15) is 48.6 Å². The quantitative estimate of drug-likeness (QED) is 0.128. The molecule has 2 fully saturated rings. The number of carbonyl (C=O) groups is 1. The minimum Gasteiger partial charge on any atom is -0.462 e. The van der Waals surface area contributed by atoms with E-state index in [1.54, 1.807) is 0 Å². The number of carbonyl (C=O) groups excluding carboxylic acids is 1. The second-order valence-corrected chi connectivity index (χ2v) is 9.77. The minimum atomic E-state index is -0.200. The van der Waals surface area contributed by atoms with E-state index in [4.69, 9.17) is 19.2 Å². The van der Waals surface area contributed by atoms with Gasteiger partial charge in [0, 0.05) is 13.1 Å². The zero-order chi connectivity index (χ0) is 25.7. The molecule has 0 saturated carbocycles. The van der Waals surface area contributed by atoms with E-state index in [2.05, 4.69) is 71.0 Å². The molecule has 2 aliphatic heterocycles. The Morgan fingerprint density at radius 1 is 0.757 bits per heavy atom. The van der Waals surface area contributed by atoms with Crippen LogP contribution in [0.15, 0.2) is 73.1 Å². The molecule has 2 aromatic rings. The lowest BCUT2D eigenvalue weighted by atomic mass is 9.89. The SMILES string of the molecule is C=C(OOCCOCCOC(=O)CN1CCC(c2ccccc2)CC1)N1CCC(c2ccccc2)CC1. The summed E-state index contributed by atoms with van der Waals surface area (Å²) >= 11 is 0. The molecule has 2 aliphatic rings. The van der Waals surface area contributed by atoms with Gasteiger partial charge in [-0.15, -0.1) is 0 Å². The van der Waals surface area contributed by atoms with Gasteiger partial charge in [0.25, 0.3) is 0 Å². The number of hydrogen-bond donors (Lipinski definition) is 0. The zero-order valence-electron chi connectivity index (χ0n) is 21.8. The van der Waals surface area contributed by atoms with Crippen LogP contribution >= 0.6 is 0 Å². The molecular formula is C30H40N2O5. The molecule has 37 heavy (non-hydrogen) atoms. The lowest BCUT2D eigenvalue weighted by molar-refractivity contribution is -0.283. The Kier molecular flexibility index (Phi) is 10.8. The average Bonchev–Trinajstić information content (AvgIpc) is 2.96. The molecule has 2 heterocycles. The first-order chi connectivity index (χ1) is 18.2. The molecule has 2 aromatic carbocycles. The highest BCUT2D eigenvalue weighted by Crippen LogP contribution is 2.29. The van der Waals surface area contributed by atoms with Crippen LogP contribution in [0.5, 0.6) is 0 Å². The summed E-state index contributed by atoms with van der Waals surface area (Å²) in [5.41, 5.74) is 2.79. The number of hydrogen-bond acceptors (Lipinski definition) is 7. The van der Waals surface area contributed by atoms with Gasteiger partial charge in [-0.05, 0) is 68.3 Å². The van der Waals surface area contributed by atoms with Gasteiger partial charge in [-0.1, -0.05) is 60.7 Å². The highest BCUT2D eigenvalue weighted by atomic mass is 17.2. The fraction of sp³-hybridized carbons (Fsp3) is 0.500. The van der Waals surface area contributed by atoms with Gasteiger partial charge in [0.15, 0.2) is 0 Å². The van der Waals surface area contributed by atoms with Crippen molar-refractivity contribution in [3.8, 4) is 0 Å².